The van der Waals surface area contributed by atoms with E-state index >= 15 is 0 Å². The summed E-state index contributed by atoms with van der Waals surface area (Å²) in [5.41, 5.74) is 1.62. The summed E-state index contributed by atoms with van der Waals surface area (Å²) in [6.07, 6.45) is 1.30. The zero-order chi connectivity index (χ0) is 23.1. The Kier molecular flexibility index (Phi) is 7.06. The molecule has 0 unspecified atom stereocenters. The van der Waals surface area contributed by atoms with Crippen molar-refractivity contribution in [1.29, 1.82) is 0 Å². The molecule has 0 aromatic heterocycles. The van der Waals surface area contributed by atoms with Gasteiger partial charge in [-0.25, -0.2) is 4.83 Å². The Morgan fingerprint density at radius 2 is 1.81 bits per heavy atom. The average molecular weight is 455 g/mol. The van der Waals surface area contributed by atoms with E-state index in [-0.39, 0.29) is 10.6 Å². The highest BCUT2D eigenvalue weighted by Gasteiger charge is 2.19. The predicted molar refractivity (Wildman–Crippen MR) is 120 cm³/mol. The second-order valence-corrected chi connectivity index (χ2v) is 8.40. The van der Waals surface area contributed by atoms with Gasteiger partial charge in [0.1, 0.15) is 6.61 Å². The van der Waals surface area contributed by atoms with Crippen molar-refractivity contribution in [2.24, 2.45) is 5.10 Å². The summed E-state index contributed by atoms with van der Waals surface area (Å²) < 4.78 is 36.0. The number of methoxy groups -OCH3 is 1. The summed E-state index contributed by atoms with van der Waals surface area (Å²) in [6.45, 7) is 1.86. The average Bonchev–Trinajstić information content (AvgIpc) is 2.78. The fourth-order valence-electron chi connectivity index (χ4n) is 2.80. The van der Waals surface area contributed by atoms with Gasteiger partial charge in [-0.3, -0.25) is 10.1 Å². The van der Waals surface area contributed by atoms with Crippen LogP contribution < -0.4 is 14.3 Å². The zero-order valence-electron chi connectivity index (χ0n) is 17.4. The molecule has 0 aliphatic carbocycles. The van der Waals surface area contributed by atoms with Crippen LogP contribution in [0, 0.1) is 17.0 Å². The quantitative estimate of drug-likeness (QED) is 0.298. The number of nitrogens with one attached hydrogen (secondary N) is 1. The molecule has 0 aliphatic heterocycles. The number of nitro benzene ring substituents is 1. The lowest BCUT2D eigenvalue weighted by molar-refractivity contribution is -0.385. The minimum absolute atomic E-state index is 0.256. The van der Waals surface area contributed by atoms with Crippen LogP contribution in [0.25, 0.3) is 0 Å². The fraction of sp³-hybridized carbons (Fsp3) is 0.136. The molecule has 9 nitrogen and oxygen atoms in total. The maximum atomic E-state index is 12.4. The number of hydrogen-bond donors (Lipinski definition) is 1. The van der Waals surface area contributed by atoms with Gasteiger partial charge in [0.15, 0.2) is 11.5 Å². The summed E-state index contributed by atoms with van der Waals surface area (Å²) in [6, 6.07) is 18.3. The molecule has 0 aliphatic rings. The number of aryl methyl sites for hydroxylation is 1. The van der Waals surface area contributed by atoms with Gasteiger partial charge in [0.05, 0.1) is 23.1 Å². The SMILES string of the molecule is COc1ccc(/C=N/NS(=O)(=O)c2ccc(C)c([N+](=O)[O-])c2)cc1OCc1ccccc1. The third kappa shape index (κ3) is 5.61. The molecule has 3 rings (SSSR count). The molecule has 0 saturated heterocycles. The molecular weight excluding hydrogens is 434 g/mol. The van der Waals surface area contributed by atoms with Crippen LogP contribution in [0.4, 0.5) is 5.69 Å². The Hall–Kier alpha value is -3.92. The van der Waals surface area contributed by atoms with E-state index in [1.54, 1.807) is 18.2 Å². The maximum Gasteiger partial charge on any atom is 0.276 e. The van der Waals surface area contributed by atoms with E-state index in [0.29, 0.717) is 29.2 Å². The largest absolute Gasteiger partial charge is 0.493 e. The van der Waals surface area contributed by atoms with Crippen LogP contribution in [0.15, 0.2) is 76.7 Å². The number of benzene rings is 3. The lowest BCUT2D eigenvalue weighted by Gasteiger charge is -2.11. The summed E-state index contributed by atoms with van der Waals surface area (Å²) in [5, 5.41) is 14.8. The summed E-state index contributed by atoms with van der Waals surface area (Å²) in [5.74, 6) is 0.989. The molecule has 10 heteroatoms. The van der Waals surface area contributed by atoms with E-state index in [1.165, 1.54) is 32.4 Å². The molecule has 0 saturated carbocycles. The van der Waals surface area contributed by atoms with Crippen molar-refractivity contribution in [3.05, 3.63) is 93.5 Å². The summed E-state index contributed by atoms with van der Waals surface area (Å²) >= 11 is 0. The van der Waals surface area contributed by atoms with Gasteiger partial charge in [-0.1, -0.05) is 36.4 Å². The molecule has 0 spiro atoms. The maximum absolute atomic E-state index is 12.4. The van der Waals surface area contributed by atoms with E-state index in [9.17, 15) is 18.5 Å². The Morgan fingerprint density at radius 3 is 2.50 bits per heavy atom. The van der Waals surface area contributed by atoms with Crippen LogP contribution in [0.1, 0.15) is 16.7 Å². The van der Waals surface area contributed by atoms with Gasteiger partial charge < -0.3 is 9.47 Å². The van der Waals surface area contributed by atoms with Gasteiger partial charge in [0.2, 0.25) is 0 Å². The Bertz CT molecular complexity index is 1240. The zero-order valence-corrected chi connectivity index (χ0v) is 18.2. The van der Waals surface area contributed by atoms with E-state index in [4.69, 9.17) is 9.47 Å². The van der Waals surface area contributed by atoms with Crippen molar-refractivity contribution in [3.8, 4) is 11.5 Å². The van der Waals surface area contributed by atoms with Crippen LogP contribution >= 0.6 is 0 Å². The van der Waals surface area contributed by atoms with Gasteiger partial charge in [0, 0.05) is 11.6 Å². The lowest BCUT2D eigenvalue weighted by Crippen LogP contribution is -2.18. The third-order valence-corrected chi connectivity index (χ3v) is 5.72. The highest BCUT2D eigenvalue weighted by Crippen LogP contribution is 2.28. The number of rotatable bonds is 9. The van der Waals surface area contributed by atoms with Crippen LogP contribution in [-0.4, -0.2) is 26.7 Å². The van der Waals surface area contributed by atoms with E-state index in [2.05, 4.69) is 9.93 Å². The molecule has 32 heavy (non-hydrogen) atoms. The first-order valence-corrected chi connectivity index (χ1v) is 10.9. The molecule has 0 radical (unpaired) electrons. The molecule has 3 aromatic rings. The monoisotopic (exact) mass is 455 g/mol. The van der Waals surface area contributed by atoms with Gasteiger partial charge >= 0.3 is 0 Å². The van der Waals surface area contributed by atoms with Crippen molar-refractivity contribution < 1.29 is 22.8 Å². The number of hydrogen-bond acceptors (Lipinski definition) is 7. The van der Waals surface area contributed by atoms with Gasteiger partial charge in [-0.15, -0.1) is 0 Å². The van der Waals surface area contributed by atoms with Crippen molar-refractivity contribution >= 4 is 21.9 Å². The number of nitro groups is 1. The molecule has 0 atom stereocenters. The molecule has 3 aromatic carbocycles. The highest BCUT2D eigenvalue weighted by molar-refractivity contribution is 7.89. The van der Waals surface area contributed by atoms with Crippen molar-refractivity contribution in [3.63, 3.8) is 0 Å². The van der Waals surface area contributed by atoms with Crippen LogP contribution in [0.3, 0.4) is 0 Å². The second kappa shape index (κ2) is 9.92. The van der Waals surface area contributed by atoms with E-state index < -0.39 is 14.9 Å². The van der Waals surface area contributed by atoms with Crippen molar-refractivity contribution in [2.45, 2.75) is 18.4 Å². The number of hydrazone groups is 1. The smallest absolute Gasteiger partial charge is 0.276 e. The summed E-state index contributed by atoms with van der Waals surface area (Å²) in [4.78, 5) is 12.2. The van der Waals surface area contributed by atoms with Gasteiger partial charge in [0.25, 0.3) is 15.7 Å². The molecule has 0 amide bonds. The molecular formula is C22H21N3O6S. The minimum Gasteiger partial charge on any atom is -0.493 e. The number of nitrogens with zero attached hydrogens (tertiary/aromatic N) is 2. The van der Waals surface area contributed by atoms with Crippen LogP contribution in [-0.2, 0) is 16.6 Å². The molecule has 0 fully saturated rings. The highest BCUT2D eigenvalue weighted by atomic mass is 32.2. The molecule has 166 valence electrons. The normalized spacial score (nSPS) is 11.3. The third-order valence-electron chi connectivity index (χ3n) is 4.50. The van der Waals surface area contributed by atoms with E-state index in [1.807, 2.05) is 30.3 Å². The molecule has 0 bridgehead atoms. The summed E-state index contributed by atoms with van der Waals surface area (Å²) in [7, 11) is -2.56. The predicted octanol–water partition coefficient (Wildman–Crippen LogP) is 3.80. The lowest BCUT2D eigenvalue weighted by atomic mass is 10.2. The van der Waals surface area contributed by atoms with Crippen LogP contribution in [0.5, 0.6) is 11.5 Å². The number of sulfonamides is 1. The molecule has 1 N–H and O–H groups in total. The Morgan fingerprint density at radius 1 is 1.06 bits per heavy atom. The standard InChI is InChI=1S/C22H21N3O6S/c1-16-8-10-19(13-20(16)25(26)27)32(28,29)24-23-14-18-9-11-21(30-2)22(12-18)31-15-17-6-4-3-5-7-17/h3-14,24H,15H2,1-2H3/b23-14+. The fourth-order valence-corrected chi connectivity index (χ4v) is 3.61. The minimum atomic E-state index is -4.08. The first-order chi connectivity index (χ1) is 15.3. The Balaban J connectivity index is 1.74. The first kappa shape index (κ1) is 22.8. The van der Waals surface area contributed by atoms with Gasteiger partial charge in [-0.05, 0) is 42.3 Å². The second-order valence-electron chi connectivity index (χ2n) is 6.74. The van der Waals surface area contributed by atoms with Crippen molar-refractivity contribution in [1.82, 2.24) is 4.83 Å². The number of ether oxygens (including phenoxy) is 2. The van der Waals surface area contributed by atoms with Gasteiger partial charge in [-0.2, -0.15) is 13.5 Å². The van der Waals surface area contributed by atoms with Crippen molar-refractivity contribution in [2.75, 3.05) is 7.11 Å². The first-order valence-electron chi connectivity index (χ1n) is 9.45. The van der Waals surface area contributed by atoms with E-state index in [0.717, 1.165) is 11.6 Å². The Labute approximate surface area is 185 Å². The topological polar surface area (TPSA) is 120 Å². The van der Waals surface area contributed by atoms with Crippen LogP contribution in [0.2, 0.25) is 0 Å². The molecule has 0 heterocycles.